The van der Waals surface area contributed by atoms with Gasteiger partial charge in [0.05, 0.1) is 3.57 Å². The van der Waals surface area contributed by atoms with Crippen LogP contribution in [0.25, 0.3) is 11.4 Å². The lowest BCUT2D eigenvalue weighted by Gasteiger charge is -2.02. The molecule has 0 spiro atoms. The molecule has 0 aliphatic heterocycles. The average Bonchev–Trinajstić information content (AvgIpc) is 2.34. The Hall–Kier alpha value is -0.820. The van der Waals surface area contributed by atoms with E-state index >= 15 is 0 Å². The highest BCUT2D eigenvalue weighted by Gasteiger charge is 2.02. The number of thioether (sulfide) groups is 1. The Morgan fingerprint density at radius 1 is 1.35 bits per heavy atom. The van der Waals surface area contributed by atoms with Gasteiger partial charge in [-0.2, -0.15) is 0 Å². The van der Waals surface area contributed by atoms with Gasteiger partial charge < -0.3 is 4.98 Å². The second kappa shape index (κ2) is 5.68. The molecule has 2 rings (SSSR count). The van der Waals surface area contributed by atoms with Crippen molar-refractivity contribution in [3.8, 4) is 11.4 Å². The molecule has 5 heteroatoms. The molecule has 0 atom stereocenters. The van der Waals surface area contributed by atoms with Gasteiger partial charge in [0.15, 0.2) is 0 Å². The van der Waals surface area contributed by atoms with Crippen molar-refractivity contribution in [3.05, 3.63) is 44.4 Å². The molecule has 1 aromatic heterocycles. The van der Waals surface area contributed by atoms with Crippen molar-refractivity contribution in [1.29, 1.82) is 0 Å². The first-order chi connectivity index (χ1) is 8.20. The molecular weight excluding hydrogens is 347 g/mol. The fourth-order valence-corrected chi connectivity index (χ4v) is 2.34. The molecule has 0 aliphatic rings. The molecule has 0 unspecified atom stereocenters. The molecule has 88 valence electrons. The van der Waals surface area contributed by atoms with Crippen LogP contribution in [0.4, 0.5) is 0 Å². The van der Waals surface area contributed by atoms with Crippen LogP contribution in [0.3, 0.4) is 0 Å². The van der Waals surface area contributed by atoms with Crippen molar-refractivity contribution < 1.29 is 0 Å². The van der Waals surface area contributed by atoms with Crippen LogP contribution in [0, 0.1) is 3.57 Å². The molecule has 0 radical (unpaired) electrons. The summed E-state index contributed by atoms with van der Waals surface area (Å²) in [6, 6.07) is 8.04. The van der Waals surface area contributed by atoms with Crippen molar-refractivity contribution >= 4 is 34.4 Å². The van der Waals surface area contributed by atoms with Crippen molar-refractivity contribution in [2.75, 3.05) is 5.75 Å². The molecule has 1 heterocycles. The third kappa shape index (κ3) is 3.10. The zero-order chi connectivity index (χ0) is 12.3. The summed E-state index contributed by atoms with van der Waals surface area (Å²) in [6.45, 7) is 2.12. The van der Waals surface area contributed by atoms with E-state index in [1.807, 2.05) is 46.9 Å². The molecule has 17 heavy (non-hydrogen) atoms. The number of nitrogens with one attached hydrogen (secondary N) is 1. The van der Waals surface area contributed by atoms with Crippen LogP contribution in [-0.2, 0) is 0 Å². The number of aromatic nitrogens is 2. The largest absolute Gasteiger partial charge is 0.306 e. The zero-order valence-electron chi connectivity index (χ0n) is 9.24. The zero-order valence-corrected chi connectivity index (χ0v) is 12.2. The first kappa shape index (κ1) is 12.6. The molecule has 3 nitrogen and oxygen atoms in total. The van der Waals surface area contributed by atoms with Crippen molar-refractivity contribution in [2.45, 2.75) is 11.8 Å². The number of halogens is 1. The smallest absolute Gasteiger partial charge is 0.264 e. The normalized spacial score (nSPS) is 10.5. The summed E-state index contributed by atoms with van der Waals surface area (Å²) in [5.74, 6) is 1.67. The van der Waals surface area contributed by atoms with Gasteiger partial charge in [-0.25, -0.2) is 4.98 Å². The van der Waals surface area contributed by atoms with Crippen LogP contribution < -0.4 is 5.56 Å². The minimum absolute atomic E-state index is 0.0948. The second-order valence-electron chi connectivity index (χ2n) is 3.37. The summed E-state index contributed by atoms with van der Waals surface area (Å²) in [6.07, 6.45) is 1.59. The maximum atomic E-state index is 11.5. The molecule has 0 aliphatic carbocycles. The van der Waals surface area contributed by atoms with Crippen molar-refractivity contribution in [3.63, 3.8) is 0 Å². The minimum atomic E-state index is -0.0948. The second-order valence-corrected chi connectivity index (χ2v) is 5.87. The first-order valence-electron chi connectivity index (χ1n) is 5.18. The number of aromatic amines is 1. The van der Waals surface area contributed by atoms with Crippen LogP contribution >= 0.6 is 34.4 Å². The van der Waals surface area contributed by atoms with Crippen molar-refractivity contribution in [1.82, 2.24) is 9.97 Å². The highest BCUT2D eigenvalue weighted by molar-refractivity contribution is 14.1. The number of hydrogen-bond acceptors (Lipinski definition) is 3. The van der Waals surface area contributed by atoms with E-state index in [0.717, 1.165) is 11.3 Å². The summed E-state index contributed by atoms with van der Waals surface area (Å²) < 4.78 is 0.601. The number of nitrogens with zero attached hydrogens (tertiary/aromatic N) is 1. The Morgan fingerprint density at radius 2 is 2.06 bits per heavy atom. The highest BCUT2D eigenvalue weighted by atomic mass is 127. The van der Waals surface area contributed by atoms with E-state index in [9.17, 15) is 4.79 Å². The van der Waals surface area contributed by atoms with E-state index in [-0.39, 0.29) is 5.56 Å². The summed E-state index contributed by atoms with van der Waals surface area (Å²) in [5.41, 5.74) is 0.835. The predicted molar refractivity (Wildman–Crippen MR) is 79.4 cm³/mol. The average molecular weight is 358 g/mol. The number of benzene rings is 1. The molecule has 1 N–H and O–H groups in total. The van der Waals surface area contributed by atoms with Gasteiger partial charge >= 0.3 is 0 Å². The lowest BCUT2D eigenvalue weighted by atomic mass is 10.2. The third-order valence-electron chi connectivity index (χ3n) is 2.19. The summed E-state index contributed by atoms with van der Waals surface area (Å²) >= 11 is 3.76. The SMILES string of the molecule is CCSc1ccc(-c2ncc(I)c(=O)[nH]2)cc1. The number of hydrogen-bond donors (Lipinski definition) is 1. The summed E-state index contributed by atoms with van der Waals surface area (Å²) in [4.78, 5) is 19.7. The van der Waals surface area contributed by atoms with E-state index in [1.54, 1.807) is 18.0 Å². The van der Waals surface area contributed by atoms with E-state index in [1.165, 1.54) is 4.90 Å². The monoisotopic (exact) mass is 358 g/mol. The van der Waals surface area contributed by atoms with E-state index in [4.69, 9.17) is 0 Å². The Kier molecular flexibility index (Phi) is 4.22. The first-order valence-corrected chi connectivity index (χ1v) is 7.25. The van der Waals surface area contributed by atoms with Gasteiger partial charge in [0.1, 0.15) is 5.82 Å². The minimum Gasteiger partial charge on any atom is -0.306 e. The van der Waals surface area contributed by atoms with Crippen LogP contribution in [-0.4, -0.2) is 15.7 Å². The lowest BCUT2D eigenvalue weighted by Crippen LogP contribution is -2.11. The molecule has 0 amide bonds. The van der Waals surface area contributed by atoms with Gasteiger partial charge in [-0.1, -0.05) is 19.1 Å². The molecule has 2 aromatic rings. The molecule has 0 bridgehead atoms. The maximum Gasteiger partial charge on any atom is 0.264 e. The van der Waals surface area contributed by atoms with Crippen LogP contribution in [0.2, 0.25) is 0 Å². The third-order valence-corrected chi connectivity index (χ3v) is 3.86. The lowest BCUT2D eigenvalue weighted by molar-refractivity contribution is 1.11. The Morgan fingerprint density at radius 3 is 2.65 bits per heavy atom. The number of rotatable bonds is 3. The van der Waals surface area contributed by atoms with Crippen LogP contribution in [0.5, 0.6) is 0 Å². The van der Waals surface area contributed by atoms with Gasteiger partial charge in [-0.05, 0) is 40.5 Å². The van der Waals surface area contributed by atoms with Gasteiger partial charge in [-0.15, -0.1) is 11.8 Å². The van der Waals surface area contributed by atoms with Crippen molar-refractivity contribution in [2.24, 2.45) is 0 Å². The fraction of sp³-hybridized carbons (Fsp3) is 0.167. The van der Waals surface area contributed by atoms with Gasteiger partial charge in [0, 0.05) is 16.7 Å². The topological polar surface area (TPSA) is 45.8 Å². The molecule has 0 saturated carbocycles. The fourth-order valence-electron chi connectivity index (χ4n) is 1.40. The van der Waals surface area contributed by atoms with Crippen LogP contribution in [0.15, 0.2) is 40.2 Å². The molecule has 0 saturated heterocycles. The maximum absolute atomic E-state index is 11.5. The standard InChI is InChI=1S/C12H11IN2OS/c1-2-17-9-5-3-8(4-6-9)11-14-7-10(13)12(16)15-11/h3-7H,2H2,1H3,(H,14,15,16). The summed E-state index contributed by atoms with van der Waals surface area (Å²) in [7, 11) is 0. The Bertz CT molecular complexity index is 565. The van der Waals surface area contributed by atoms with Gasteiger partial charge in [-0.3, -0.25) is 4.79 Å². The highest BCUT2D eigenvalue weighted by Crippen LogP contribution is 2.21. The summed E-state index contributed by atoms with van der Waals surface area (Å²) in [5, 5.41) is 0. The van der Waals surface area contributed by atoms with E-state index < -0.39 is 0 Å². The Labute approximate surface area is 117 Å². The Balaban J connectivity index is 2.33. The van der Waals surface area contributed by atoms with Gasteiger partial charge in [0.2, 0.25) is 0 Å². The predicted octanol–water partition coefficient (Wildman–Crippen LogP) is 3.15. The van der Waals surface area contributed by atoms with E-state index in [2.05, 4.69) is 16.9 Å². The molecule has 1 aromatic carbocycles. The molecule has 0 fully saturated rings. The quantitative estimate of drug-likeness (QED) is 0.677. The number of H-pyrrole nitrogens is 1. The van der Waals surface area contributed by atoms with Gasteiger partial charge in [0.25, 0.3) is 5.56 Å². The van der Waals surface area contributed by atoms with E-state index in [0.29, 0.717) is 9.39 Å². The van der Waals surface area contributed by atoms with Crippen LogP contribution in [0.1, 0.15) is 6.92 Å². The molecular formula is C12H11IN2OS.